The maximum atomic E-state index is 12.6. The first-order valence-corrected chi connectivity index (χ1v) is 9.07. The van der Waals surface area contributed by atoms with E-state index >= 15 is 0 Å². The molecule has 0 spiro atoms. The van der Waals surface area contributed by atoms with Gasteiger partial charge < -0.3 is 4.74 Å². The Morgan fingerprint density at radius 2 is 1.96 bits per heavy atom. The van der Waals surface area contributed by atoms with Crippen LogP contribution in [-0.2, 0) is 14.8 Å². The Bertz CT molecular complexity index is 724. The summed E-state index contributed by atoms with van der Waals surface area (Å²) in [7, 11) is -2.03. The molecule has 1 aromatic carbocycles. The van der Waals surface area contributed by atoms with E-state index in [0.717, 1.165) is 5.56 Å². The zero-order valence-corrected chi connectivity index (χ0v) is 14.5. The van der Waals surface area contributed by atoms with Crippen molar-refractivity contribution in [2.75, 3.05) is 20.3 Å². The van der Waals surface area contributed by atoms with E-state index in [4.69, 9.17) is 4.74 Å². The predicted molar refractivity (Wildman–Crippen MR) is 89.7 cm³/mol. The van der Waals surface area contributed by atoms with E-state index in [-0.39, 0.29) is 10.9 Å². The van der Waals surface area contributed by atoms with Gasteiger partial charge in [-0.2, -0.15) is 5.10 Å². The lowest BCUT2D eigenvalue weighted by Crippen LogP contribution is -2.25. The number of methoxy groups -OCH3 is 1. The molecule has 23 heavy (non-hydrogen) atoms. The van der Waals surface area contributed by atoms with Gasteiger partial charge in [0.15, 0.2) is 0 Å². The molecule has 0 radical (unpaired) electrons. The molecule has 2 rings (SSSR count). The number of rotatable bonds is 8. The van der Waals surface area contributed by atoms with E-state index < -0.39 is 10.0 Å². The number of nitrogens with one attached hydrogen (secondary N) is 1. The maximum absolute atomic E-state index is 12.6. The van der Waals surface area contributed by atoms with Crippen molar-refractivity contribution in [3.63, 3.8) is 0 Å². The van der Waals surface area contributed by atoms with Crippen LogP contribution in [0.1, 0.15) is 26.3 Å². The molecule has 0 amide bonds. The van der Waals surface area contributed by atoms with Crippen LogP contribution >= 0.6 is 0 Å². The van der Waals surface area contributed by atoms with E-state index in [1.807, 2.05) is 44.2 Å². The fraction of sp³-hybridized carbons (Fsp3) is 0.438. The van der Waals surface area contributed by atoms with E-state index in [1.54, 1.807) is 18.0 Å². The summed E-state index contributed by atoms with van der Waals surface area (Å²) in [4.78, 5) is 0.204. The Morgan fingerprint density at radius 1 is 1.26 bits per heavy atom. The molecule has 2 aromatic rings. The van der Waals surface area contributed by atoms with Gasteiger partial charge >= 0.3 is 0 Å². The van der Waals surface area contributed by atoms with Crippen molar-refractivity contribution in [3.8, 4) is 11.3 Å². The summed E-state index contributed by atoms with van der Waals surface area (Å²) in [6.07, 6.45) is 2.21. The maximum Gasteiger partial charge on any atom is 0.244 e. The van der Waals surface area contributed by atoms with Crippen LogP contribution in [0.3, 0.4) is 0 Å². The standard InChI is InChI=1S/C16H23N3O3S/c1-13(2)19-12-15(23(20,21)17-10-7-11-22-3)16(18-19)14-8-5-4-6-9-14/h4-6,8-9,12-13,17H,7,10-11H2,1-3H3. The average molecular weight is 337 g/mol. The van der Waals surface area contributed by atoms with Crippen LogP contribution in [0.5, 0.6) is 0 Å². The molecule has 0 aliphatic heterocycles. The van der Waals surface area contributed by atoms with Crippen LogP contribution in [-0.4, -0.2) is 38.5 Å². The second-order valence-electron chi connectivity index (χ2n) is 5.53. The van der Waals surface area contributed by atoms with E-state index in [9.17, 15) is 8.42 Å². The molecular formula is C16H23N3O3S. The molecule has 7 heteroatoms. The normalized spacial score (nSPS) is 12.0. The van der Waals surface area contributed by atoms with Gasteiger partial charge in [-0.25, -0.2) is 13.1 Å². The minimum atomic E-state index is -3.62. The average Bonchev–Trinajstić information content (AvgIpc) is 2.99. The molecule has 0 saturated carbocycles. The molecule has 1 N–H and O–H groups in total. The molecular weight excluding hydrogens is 314 g/mol. The van der Waals surface area contributed by atoms with Crippen LogP contribution in [0, 0.1) is 0 Å². The topological polar surface area (TPSA) is 73.2 Å². The zero-order valence-electron chi connectivity index (χ0n) is 13.7. The summed E-state index contributed by atoms with van der Waals surface area (Å²) in [5, 5.41) is 4.46. The SMILES string of the molecule is COCCCNS(=O)(=O)c1cn(C(C)C)nc1-c1ccccc1. The Balaban J connectivity index is 2.36. The lowest BCUT2D eigenvalue weighted by molar-refractivity contribution is 0.196. The molecule has 0 aliphatic carbocycles. The molecule has 0 atom stereocenters. The molecule has 126 valence electrons. The number of nitrogens with zero attached hydrogens (tertiary/aromatic N) is 2. The van der Waals surface area contributed by atoms with E-state index in [1.165, 1.54) is 0 Å². The van der Waals surface area contributed by atoms with Crippen LogP contribution in [0.25, 0.3) is 11.3 Å². The van der Waals surface area contributed by atoms with Gasteiger partial charge in [0.1, 0.15) is 10.6 Å². The van der Waals surface area contributed by atoms with Gasteiger partial charge in [0.2, 0.25) is 10.0 Å². The third kappa shape index (κ3) is 4.40. The summed E-state index contributed by atoms with van der Waals surface area (Å²) in [6, 6.07) is 9.42. The molecule has 0 unspecified atom stereocenters. The van der Waals surface area contributed by atoms with Crippen molar-refractivity contribution in [1.82, 2.24) is 14.5 Å². The highest BCUT2D eigenvalue weighted by Gasteiger charge is 2.23. The highest BCUT2D eigenvalue weighted by Crippen LogP contribution is 2.26. The Kier molecular flexibility index (Phi) is 5.92. The van der Waals surface area contributed by atoms with Crippen LogP contribution in [0.2, 0.25) is 0 Å². The van der Waals surface area contributed by atoms with Gasteiger partial charge in [0.05, 0.1) is 0 Å². The van der Waals surface area contributed by atoms with Gasteiger partial charge in [-0.3, -0.25) is 4.68 Å². The molecule has 0 saturated heterocycles. The minimum absolute atomic E-state index is 0.0786. The van der Waals surface area contributed by atoms with Gasteiger partial charge in [0, 0.05) is 38.1 Å². The number of hydrogen-bond donors (Lipinski definition) is 1. The molecule has 1 heterocycles. The first kappa shape index (κ1) is 17.7. The quantitative estimate of drug-likeness (QED) is 0.751. The summed E-state index contributed by atoms with van der Waals surface area (Å²) < 4.78 is 34.5. The van der Waals surface area contributed by atoms with E-state index in [2.05, 4.69) is 9.82 Å². The summed E-state index contributed by atoms with van der Waals surface area (Å²) >= 11 is 0. The monoisotopic (exact) mass is 337 g/mol. The predicted octanol–water partition coefficient (Wildman–Crippen LogP) is 2.45. The van der Waals surface area contributed by atoms with Crippen LogP contribution < -0.4 is 4.72 Å². The molecule has 0 aliphatic rings. The Labute approximate surface area is 137 Å². The van der Waals surface area contributed by atoms with E-state index in [0.29, 0.717) is 25.3 Å². The number of aromatic nitrogens is 2. The third-order valence-electron chi connectivity index (χ3n) is 3.38. The van der Waals surface area contributed by atoms with Gasteiger partial charge in [0.25, 0.3) is 0 Å². The fourth-order valence-electron chi connectivity index (χ4n) is 2.13. The second-order valence-corrected chi connectivity index (χ2v) is 7.26. The smallest absolute Gasteiger partial charge is 0.244 e. The van der Waals surface area contributed by atoms with Gasteiger partial charge in [-0.1, -0.05) is 30.3 Å². The van der Waals surface area contributed by atoms with Crippen molar-refractivity contribution in [1.29, 1.82) is 0 Å². The largest absolute Gasteiger partial charge is 0.385 e. The van der Waals surface area contributed by atoms with Gasteiger partial charge in [-0.05, 0) is 20.3 Å². The van der Waals surface area contributed by atoms with Crippen LogP contribution in [0.4, 0.5) is 0 Å². The van der Waals surface area contributed by atoms with Crippen molar-refractivity contribution in [2.45, 2.75) is 31.2 Å². The highest BCUT2D eigenvalue weighted by atomic mass is 32.2. The minimum Gasteiger partial charge on any atom is -0.385 e. The summed E-state index contributed by atoms with van der Waals surface area (Å²) in [5.41, 5.74) is 1.25. The molecule has 6 nitrogen and oxygen atoms in total. The summed E-state index contributed by atoms with van der Waals surface area (Å²) in [5.74, 6) is 0. The second kappa shape index (κ2) is 7.72. The molecule has 0 bridgehead atoms. The Hall–Kier alpha value is -1.70. The fourth-order valence-corrected chi connectivity index (χ4v) is 3.36. The lowest BCUT2D eigenvalue weighted by atomic mass is 10.2. The lowest BCUT2D eigenvalue weighted by Gasteiger charge is -2.06. The van der Waals surface area contributed by atoms with Crippen molar-refractivity contribution < 1.29 is 13.2 Å². The first-order chi connectivity index (χ1) is 11.0. The summed E-state index contributed by atoms with van der Waals surface area (Å²) in [6.45, 7) is 4.77. The van der Waals surface area contributed by atoms with Gasteiger partial charge in [-0.15, -0.1) is 0 Å². The first-order valence-electron chi connectivity index (χ1n) is 7.59. The number of benzene rings is 1. The Morgan fingerprint density at radius 3 is 2.57 bits per heavy atom. The third-order valence-corrected chi connectivity index (χ3v) is 4.84. The molecule has 0 fully saturated rings. The van der Waals surface area contributed by atoms with Crippen molar-refractivity contribution in [3.05, 3.63) is 36.5 Å². The van der Waals surface area contributed by atoms with Crippen molar-refractivity contribution >= 4 is 10.0 Å². The molecule has 1 aromatic heterocycles. The highest BCUT2D eigenvalue weighted by molar-refractivity contribution is 7.89. The number of ether oxygens (including phenoxy) is 1. The number of hydrogen-bond acceptors (Lipinski definition) is 4. The number of sulfonamides is 1. The zero-order chi connectivity index (χ0) is 16.9. The van der Waals surface area contributed by atoms with Crippen molar-refractivity contribution in [2.24, 2.45) is 0 Å². The van der Waals surface area contributed by atoms with Crippen LogP contribution in [0.15, 0.2) is 41.4 Å².